The Labute approximate surface area is 382 Å². The highest BCUT2D eigenvalue weighted by Crippen LogP contribution is 2.46. The van der Waals surface area contributed by atoms with Crippen molar-refractivity contribution in [3.05, 3.63) is 167 Å². The molecule has 4 nitrogen and oxygen atoms in total. The number of benzene rings is 6. The van der Waals surface area contributed by atoms with Crippen LogP contribution in [0.5, 0.6) is 5.75 Å². The molecule has 0 fully saturated rings. The van der Waals surface area contributed by atoms with Gasteiger partial charge in [-0.3, -0.25) is 9.55 Å². The number of phenolic OH excluding ortho intramolecular Hbond substituents is 1. The van der Waals surface area contributed by atoms with Crippen LogP contribution < -0.4 is 0 Å². The van der Waals surface area contributed by atoms with Crippen LogP contribution >= 0.6 is 0 Å². The van der Waals surface area contributed by atoms with Crippen molar-refractivity contribution in [3.8, 4) is 67.5 Å². The second-order valence-electron chi connectivity index (χ2n) is 16.6. The highest BCUT2D eigenvalue weighted by molar-refractivity contribution is 5.98. The normalized spacial score (nSPS) is 18.0. The van der Waals surface area contributed by atoms with E-state index in [1.807, 2.05) is 113 Å². The summed E-state index contributed by atoms with van der Waals surface area (Å²) in [6, 6.07) is 38.6. The average molecular weight is 806 g/mol. The maximum atomic E-state index is 13.0. The Balaban J connectivity index is 1.60. The maximum Gasteiger partial charge on any atom is 0.149 e. The maximum absolute atomic E-state index is 13.0. The van der Waals surface area contributed by atoms with Crippen molar-refractivity contribution in [2.75, 3.05) is 0 Å². The first-order chi connectivity index (χ1) is 35.9. The number of imidazole rings is 1. The van der Waals surface area contributed by atoms with Gasteiger partial charge in [-0.15, -0.1) is 0 Å². The molecule has 6 aromatic carbocycles. The van der Waals surface area contributed by atoms with Crippen molar-refractivity contribution >= 4 is 11.0 Å². The molecule has 0 aliphatic carbocycles. The van der Waals surface area contributed by atoms with Gasteiger partial charge in [0.2, 0.25) is 0 Å². The van der Waals surface area contributed by atoms with Crippen molar-refractivity contribution in [2.24, 2.45) is 0 Å². The van der Waals surface area contributed by atoms with Gasteiger partial charge >= 0.3 is 0 Å². The molecule has 60 heavy (non-hydrogen) atoms. The Kier molecular flexibility index (Phi) is 6.06. The highest BCUT2D eigenvalue weighted by atomic mass is 16.3. The van der Waals surface area contributed by atoms with Crippen LogP contribution in [0.3, 0.4) is 0 Å². The van der Waals surface area contributed by atoms with Crippen molar-refractivity contribution in [3.63, 3.8) is 0 Å². The van der Waals surface area contributed by atoms with Gasteiger partial charge in [0.25, 0.3) is 0 Å². The minimum atomic E-state index is -4.12. The largest absolute Gasteiger partial charge is 0.507 e. The molecule has 0 saturated heterocycles. The molecule has 0 radical (unpaired) electrons. The number of pyridine rings is 1. The van der Waals surface area contributed by atoms with E-state index < -0.39 is 85.6 Å². The van der Waals surface area contributed by atoms with E-state index in [0.717, 1.165) is 39.4 Å². The summed E-state index contributed by atoms with van der Waals surface area (Å²) >= 11 is 0. The quantitative estimate of drug-likeness (QED) is 0.182. The Morgan fingerprint density at radius 2 is 1.23 bits per heavy atom. The number of aryl methyl sites for hydroxylation is 2. The predicted molar refractivity (Wildman–Crippen MR) is 253 cm³/mol. The van der Waals surface area contributed by atoms with Crippen LogP contribution in [0.15, 0.2) is 140 Å². The van der Waals surface area contributed by atoms with Gasteiger partial charge in [-0.2, -0.15) is 0 Å². The summed E-state index contributed by atoms with van der Waals surface area (Å²) in [7, 11) is 0. The first-order valence-electron chi connectivity index (χ1n) is 28.6. The Bertz CT molecular complexity index is 3490. The summed E-state index contributed by atoms with van der Waals surface area (Å²) in [5, 5.41) is 13.0. The number of fused-ring (bicyclic) bond motifs is 1. The Hall–Kier alpha value is -6.26. The van der Waals surface area contributed by atoms with E-state index in [9.17, 15) is 5.11 Å². The van der Waals surface area contributed by atoms with Crippen LogP contribution in [-0.2, 0) is 16.2 Å². The number of rotatable bonds is 6. The molecule has 1 N–H and O–H groups in total. The number of para-hydroxylation sites is 1. The van der Waals surface area contributed by atoms with Crippen LogP contribution in [0.25, 0.3) is 72.7 Å². The van der Waals surface area contributed by atoms with Crippen LogP contribution in [0.4, 0.5) is 0 Å². The molecule has 0 aliphatic rings. The summed E-state index contributed by atoms with van der Waals surface area (Å²) < 4.78 is 159. The van der Waals surface area contributed by atoms with Crippen molar-refractivity contribution < 1.29 is 29.8 Å². The third-order valence-electron chi connectivity index (χ3n) is 10.9. The Morgan fingerprint density at radius 3 is 1.95 bits per heavy atom. The predicted octanol–water partition coefficient (Wildman–Crippen LogP) is 15.0. The Morgan fingerprint density at radius 1 is 0.533 bits per heavy atom. The first kappa shape index (κ1) is 24.1. The summed E-state index contributed by atoms with van der Waals surface area (Å²) in [6.45, 7) is -14.5. The number of phenols is 1. The molecule has 8 rings (SSSR count). The second kappa shape index (κ2) is 15.1. The molecule has 0 atom stereocenters. The number of aromatic nitrogens is 3. The molecule has 0 spiro atoms. The molecular weight excluding hydrogens is 731 g/mol. The van der Waals surface area contributed by atoms with Gasteiger partial charge < -0.3 is 5.11 Å². The van der Waals surface area contributed by atoms with Gasteiger partial charge in [0.05, 0.1) is 28.0 Å². The number of hydrogen-bond acceptors (Lipinski definition) is 3. The van der Waals surface area contributed by atoms with E-state index in [2.05, 4.69) is 0 Å². The van der Waals surface area contributed by atoms with E-state index in [1.54, 1.807) is 48.7 Å². The molecule has 8 aromatic rings. The van der Waals surface area contributed by atoms with Gasteiger partial charge in [0, 0.05) is 53.1 Å². The average Bonchev–Trinajstić information content (AvgIpc) is 3.79. The molecule has 4 heteroatoms. The molecular formula is C56H57N3O. The minimum absolute atomic E-state index is 0.194. The zero-order chi connectivity index (χ0) is 57.7. The number of nitrogens with zero attached hydrogens (tertiary/aromatic N) is 3. The van der Waals surface area contributed by atoms with Crippen LogP contribution in [0.2, 0.25) is 0 Å². The lowest BCUT2D eigenvalue weighted by Gasteiger charge is -2.27. The molecule has 0 saturated carbocycles. The zero-order valence-corrected chi connectivity index (χ0v) is 34.1. The van der Waals surface area contributed by atoms with Crippen LogP contribution in [-0.4, -0.2) is 19.6 Å². The van der Waals surface area contributed by atoms with E-state index >= 15 is 0 Å². The van der Waals surface area contributed by atoms with Crippen molar-refractivity contribution in [1.29, 1.82) is 0 Å². The van der Waals surface area contributed by atoms with Crippen molar-refractivity contribution in [2.45, 2.75) is 92.0 Å². The van der Waals surface area contributed by atoms with Crippen LogP contribution in [0.1, 0.15) is 114 Å². The third-order valence-corrected chi connectivity index (χ3v) is 10.9. The summed E-state index contributed by atoms with van der Waals surface area (Å²) in [6.07, 6.45) is 1.72. The van der Waals surface area contributed by atoms with Gasteiger partial charge in [-0.25, -0.2) is 4.98 Å². The molecule has 2 aromatic heterocycles. The van der Waals surface area contributed by atoms with Gasteiger partial charge in [-0.05, 0) is 112 Å². The summed E-state index contributed by atoms with van der Waals surface area (Å²) in [4.78, 5) is 9.97. The summed E-state index contributed by atoms with van der Waals surface area (Å²) in [5.41, 5.74) is -2.84. The third kappa shape index (κ3) is 7.79. The van der Waals surface area contributed by atoms with E-state index in [1.165, 1.54) is 4.57 Å². The van der Waals surface area contributed by atoms with E-state index in [0.29, 0.717) is 45.2 Å². The molecule has 2 heterocycles. The van der Waals surface area contributed by atoms with Gasteiger partial charge in [0.15, 0.2) is 0 Å². The highest BCUT2D eigenvalue weighted by Gasteiger charge is 2.29. The monoisotopic (exact) mass is 806 g/mol. The minimum Gasteiger partial charge on any atom is -0.507 e. The molecule has 0 aliphatic heterocycles. The number of aromatic hydroxyl groups is 1. The van der Waals surface area contributed by atoms with E-state index in [-0.39, 0.29) is 5.52 Å². The fourth-order valence-corrected chi connectivity index (χ4v) is 7.64. The molecule has 0 amide bonds. The topological polar surface area (TPSA) is 50.9 Å². The van der Waals surface area contributed by atoms with Gasteiger partial charge in [-0.1, -0.05) is 158 Å². The molecule has 0 bridgehead atoms. The summed E-state index contributed by atoms with van der Waals surface area (Å²) in [5.74, 6) is -1.74. The molecule has 0 unspecified atom stereocenters. The lowest BCUT2D eigenvalue weighted by atomic mass is 9.79. The lowest BCUT2D eigenvalue weighted by molar-refractivity contribution is 0.446. The smallest absolute Gasteiger partial charge is 0.149 e. The fourth-order valence-electron chi connectivity index (χ4n) is 7.64. The second-order valence-corrected chi connectivity index (χ2v) is 16.6. The lowest BCUT2D eigenvalue weighted by Crippen LogP contribution is -2.17. The fraction of sp³-hybridized carbons (Fsp3) is 0.250. The molecule has 302 valence electrons. The van der Waals surface area contributed by atoms with E-state index in [4.69, 9.17) is 34.6 Å². The van der Waals surface area contributed by atoms with Crippen LogP contribution in [0, 0.1) is 13.8 Å². The standard InChI is InChI=1S/C56H57N3O/c1-35-20-23-37(24-21-35)39-26-27-57-48(32-39)41-29-40(30-42(31-41)54(3,4)5)44-18-15-19-50-51(44)58-53(46-33-43(55(6,7)8)34-47(52(46)60)56(9,10)11)59(50)49-25-22-36(2)28-45(49)38-16-13-12-14-17-38/h12-34,60H,1-11H3/i6D3,7D3,8D3,9D3,10D3,11D3. The zero-order valence-electron chi connectivity index (χ0n) is 52.1. The number of hydrogen-bond donors (Lipinski definition) is 1. The van der Waals surface area contributed by atoms with Crippen molar-refractivity contribution in [1.82, 2.24) is 14.5 Å². The first-order valence-corrected chi connectivity index (χ1v) is 19.6. The van der Waals surface area contributed by atoms with Gasteiger partial charge in [0.1, 0.15) is 11.6 Å². The SMILES string of the molecule is [2H]C([2H])([2H])C(c1cc(-c2nc3c(-c4cc(-c5cc(-c6ccc(C)cc6)ccn5)cc(C(C)(C)C)c4)cccc3n2-c2ccc(C)cc2-c2ccccc2)c(O)c(C(C([2H])([2H])[2H])(C([2H])([2H])[2H])C([2H])([2H])[2H])c1)(C([2H])([2H])[2H])C([2H])([2H])[2H].